The Labute approximate surface area is 126 Å². The van der Waals surface area contributed by atoms with E-state index in [-0.39, 0.29) is 13.2 Å². The topological polar surface area (TPSA) is 95.7 Å². The molecule has 1 aromatic heterocycles. The molecule has 1 atom stereocenters. The van der Waals surface area contributed by atoms with Crippen molar-refractivity contribution in [2.75, 3.05) is 19.8 Å². The van der Waals surface area contributed by atoms with Crippen molar-refractivity contribution in [2.24, 2.45) is 5.92 Å². The van der Waals surface area contributed by atoms with Crippen LogP contribution in [0.3, 0.4) is 0 Å². The summed E-state index contributed by atoms with van der Waals surface area (Å²) >= 11 is 1.25. The molecule has 0 aliphatic heterocycles. The van der Waals surface area contributed by atoms with E-state index in [0.29, 0.717) is 4.88 Å². The highest BCUT2D eigenvalue weighted by molar-refractivity contribution is 7.10. The molecule has 0 saturated heterocycles. The number of hydrogen-bond acceptors (Lipinski definition) is 7. The number of rotatable bonds is 8. The summed E-state index contributed by atoms with van der Waals surface area (Å²) in [7, 11) is 0. The second-order valence-electron chi connectivity index (χ2n) is 4.12. The number of carbonyl (C=O) groups excluding carboxylic acids is 2. The molecule has 0 aliphatic carbocycles. The number of thiophene rings is 1. The lowest BCUT2D eigenvalue weighted by Crippen LogP contribution is -2.36. The van der Waals surface area contributed by atoms with Crippen LogP contribution in [0.4, 0.5) is 0 Å². The fourth-order valence-electron chi connectivity index (χ4n) is 1.91. The minimum absolute atomic E-state index is 0.0877. The van der Waals surface area contributed by atoms with E-state index in [1.165, 1.54) is 11.3 Å². The Morgan fingerprint density at radius 2 is 1.86 bits per heavy atom. The van der Waals surface area contributed by atoms with Crippen molar-refractivity contribution in [3.63, 3.8) is 0 Å². The van der Waals surface area contributed by atoms with Gasteiger partial charge in [-0.1, -0.05) is 6.07 Å². The van der Waals surface area contributed by atoms with E-state index >= 15 is 0 Å². The molecule has 1 unspecified atom stereocenters. The highest BCUT2D eigenvalue weighted by Crippen LogP contribution is 2.31. The second-order valence-corrected chi connectivity index (χ2v) is 5.10. The molecule has 0 amide bonds. The zero-order valence-electron chi connectivity index (χ0n) is 11.8. The maximum absolute atomic E-state index is 12.0. The van der Waals surface area contributed by atoms with E-state index in [0.717, 1.165) is 0 Å². The lowest BCUT2D eigenvalue weighted by atomic mass is 9.90. The molecule has 0 N–H and O–H groups in total. The summed E-state index contributed by atoms with van der Waals surface area (Å²) in [6, 6.07) is 3.37. The van der Waals surface area contributed by atoms with Gasteiger partial charge in [-0.25, -0.2) is 0 Å². The van der Waals surface area contributed by atoms with Gasteiger partial charge in [-0.3, -0.25) is 19.7 Å². The lowest BCUT2D eigenvalue weighted by molar-refractivity contribution is -0.484. The molecule has 7 nitrogen and oxygen atoms in total. The van der Waals surface area contributed by atoms with Gasteiger partial charge in [0.15, 0.2) is 5.92 Å². The van der Waals surface area contributed by atoms with Gasteiger partial charge >= 0.3 is 11.9 Å². The molecule has 0 fully saturated rings. The highest BCUT2D eigenvalue weighted by atomic mass is 32.1. The van der Waals surface area contributed by atoms with Crippen LogP contribution in [-0.4, -0.2) is 36.6 Å². The van der Waals surface area contributed by atoms with Gasteiger partial charge in [0.1, 0.15) is 0 Å². The number of nitrogens with zero attached hydrogens (tertiary/aromatic N) is 1. The smallest absolute Gasteiger partial charge is 0.321 e. The van der Waals surface area contributed by atoms with Crippen molar-refractivity contribution < 1.29 is 24.0 Å². The quantitative estimate of drug-likeness (QED) is 0.314. The normalized spacial score (nSPS) is 12.0. The minimum Gasteiger partial charge on any atom is -0.465 e. The second kappa shape index (κ2) is 8.35. The first-order chi connectivity index (χ1) is 10.0. The summed E-state index contributed by atoms with van der Waals surface area (Å²) in [6.07, 6.45) is 0. The third-order valence-electron chi connectivity index (χ3n) is 2.74. The predicted octanol–water partition coefficient (Wildman–Crippen LogP) is 1.85. The maximum atomic E-state index is 12.0. The van der Waals surface area contributed by atoms with Gasteiger partial charge in [0.2, 0.25) is 6.54 Å². The van der Waals surface area contributed by atoms with Crippen LogP contribution in [0.1, 0.15) is 24.6 Å². The third-order valence-corrected chi connectivity index (χ3v) is 3.74. The summed E-state index contributed by atoms with van der Waals surface area (Å²) in [4.78, 5) is 35.0. The Bertz CT molecular complexity index is 469. The molecule has 0 spiro atoms. The van der Waals surface area contributed by atoms with Gasteiger partial charge in [0.25, 0.3) is 0 Å². The first-order valence-electron chi connectivity index (χ1n) is 6.49. The van der Waals surface area contributed by atoms with E-state index in [1.807, 2.05) is 0 Å². The van der Waals surface area contributed by atoms with Crippen molar-refractivity contribution in [2.45, 2.75) is 19.8 Å². The van der Waals surface area contributed by atoms with Crippen molar-refractivity contribution in [1.82, 2.24) is 0 Å². The van der Waals surface area contributed by atoms with E-state index in [9.17, 15) is 19.7 Å². The van der Waals surface area contributed by atoms with E-state index < -0.39 is 35.2 Å². The zero-order chi connectivity index (χ0) is 15.8. The zero-order valence-corrected chi connectivity index (χ0v) is 12.6. The molecule has 0 bridgehead atoms. The maximum Gasteiger partial charge on any atom is 0.321 e. The highest BCUT2D eigenvalue weighted by Gasteiger charge is 2.41. The Kier molecular flexibility index (Phi) is 6.80. The van der Waals surface area contributed by atoms with Gasteiger partial charge in [-0.05, 0) is 25.3 Å². The van der Waals surface area contributed by atoms with Crippen LogP contribution < -0.4 is 0 Å². The Hall–Kier alpha value is -1.96. The lowest BCUT2D eigenvalue weighted by Gasteiger charge is -2.20. The average molecular weight is 315 g/mol. The van der Waals surface area contributed by atoms with Crippen LogP contribution in [0.5, 0.6) is 0 Å². The SMILES string of the molecule is CCOC(=O)C(C(=O)OCC)C(C[N+](=O)[O-])c1cccs1. The minimum atomic E-state index is -1.33. The van der Waals surface area contributed by atoms with Crippen LogP contribution in [0, 0.1) is 16.0 Å². The van der Waals surface area contributed by atoms with E-state index in [4.69, 9.17) is 9.47 Å². The summed E-state index contributed by atoms with van der Waals surface area (Å²) in [5.41, 5.74) is 0. The van der Waals surface area contributed by atoms with Gasteiger partial charge in [0, 0.05) is 9.80 Å². The van der Waals surface area contributed by atoms with Crippen molar-refractivity contribution in [3.05, 3.63) is 32.5 Å². The first-order valence-corrected chi connectivity index (χ1v) is 7.37. The molecule has 0 aliphatic rings. The molecule has 1 aromatic rings. The number of carbonyl (C=O) groups is 2. The third kappa shape index (κ3) is 4.82. The number of ether oxygens (including phenoxy) is 2. The van der Waals surface area contributed by atoms with Crippen molar-refractivity contribution >= 4 is 23.3 Å². The Morgan fingerprint density at radius 3 is 2.24 bits per heavy atom. The van der Waals surface area contributed by atoms with Gasteiger partial charge in [-0.15, -0.1) is 11.3 Å². The molecule has 1 rings (SSSR count). The van der Waals surface area contributed by atoms with Crippen LogP contribution in [0.2, 0.25) is 0 Å². The standard InChI is InChI=1S/C13H17NO6S/c1-3-19-12(15)11(13(16)20-4-2)9(8-14(17)18)10-6-5-7-21-10/h5-7,9,11H,3-4,8H2,1-2H3. The van der Waals surface area contributed by atoms with Crippen LogP contribution >= 0.6 is 11.3 Å². The number of esters is 2. The van der Waals surface area contributed by atoms with E-state index in [2.05, 4.69) is 0 Å². The number of nitro groups is 1. The summed E-state index contributed by atoms with van der Waals surface area (Å²) in [6.45, 7) is 2.85. The van der Waals surface area contributed by atoms with Gasteiger partial charge in [0.05, 0.1) is 19.1 Å². The van der Waals surface area contributed by atoms with Crippen LogP contribution in [0.25, 0.3) is 0 Å². The monoisotopic (exact) mass is 315 g/mol. The largest absolute Gasteiger partial charge is 0.465 e. The molecule has 0 radical (unpaired) electrons. The average Bonchev–Trinajstić information content (AvgIpc) is 2.91. The summed E-state index contributed by atoms with van der Waals surface area (Å²) in [5, 5.41) is 12.6. The molecule has 0 aromatic carbocycles. The van der Waals surface area contributed by atoms with Gasteiger partial charge in [-0.2, -0.15) is 0 Å². The van der Waals surface area contributed by atoms with Crippen LogP contribution in [-0.2, 0) is 19.1 Å². The Balaban J connectivity index is 3.12. The molecular formula is C13H17NO6S. The predicted molar refractivity (Wildman–Crippen MR) is 75.7 cm³/mol. The number of hydrogen-bond donors (Lipinski definition) is 0. The van der Waals surface area contributed by atoms with E-state index in [1.54, 1.807) is 31.4 Å². The fourth-order valence-corrected chi connectivity index (χ4v) is 2.77. The summed E-state index contributed by atoms with van der Waals surface area (Å²) in [5.74, 6) is -3.81. The molecule has 116 valence electrons. The molecular weight excluding hydrogens is 298 g/mol. The fraction of sp³-hybridized carbons (Fsp3) is 0.538. The van der Waals surface area contributed by atoms with Crippen molar-refractivity contribution in [3.8, 4) is 0 Å². The summed E-state index contributed by atoms with van der Waals surface area (Å²) < 4.78 is 9.75. The Morgan fingerprint density at radius 1 is 1.29 bits per heavy atom. The van der Waals surface area contributed by atoms with Crippen molar-refractivity contribution in [1.29, 1.82) is 0 Å². The molecule has 8 heteroatoms. The van der Waals surface area contributed by atoms with Crippen LogP contribution in [0.15, 0.2) is 17.5 Å². The molecule has 1 heterocycles. The molecule has 0 saturated carbocycles. The first kappa shape index (κ1) is 17.1. The van der Waals surface area contributed by atoms with Gasteiger partial charge < -0.3 is 9.47 Å². The molecule has 21 heavy (non-hydrogen) atoms.